The third-order valence-corrected chi connectivity index (χ3v) is 7.61. The molecule has 1 aromatic carbocycles. The van der Waals surface area contributed by atoms with Crippen LogP contribution in [-0.2, 0) is 0 Å². The average Bonchev–Trinajstić information content (AvgIpc) is 3.38. The van der Waals surface area contributed by atoms with E-state index in [9.17, 15) is 0 Å². The van der Waals surface area contributed by atoms with E-state index >= 15 is 0 Å². The summed E-state index contributed by atoms with van der Waals surface area (Å²) in [4.78, 5) is 10.3. The van der Waals surface area contributed by atoms with Gasteiger partial charge < -0.3 is 5.32 Å². The molecule has 2 heterocycles. The first-order chi connectivity index (χ1) is 14.6. The first kappa shape index (κ1) is 21.6. The Kier molecular flexibility index (Phi) is 6.97. The van der Waals surface area contributed by atoms with E-state index < -0.39 is 0 Å². The van der Waals surface area contributed by atoms with Crippen molar-refractivity contribution in [3.63, 3.8) is 0 Å². The summed E-state index contributed by atoms with van der Waals surface area (Å²) in [6, 6.07) is 10.3. The van der Waals surface area contributed by atoms with Gasteiger partial charge in [0.25, 0.3) is 0 Å². The number of aryl methyl sites for hydroxylation is 1. The molecule has 1 saturated carbocycles. The van der Waals surface area contributed by atoms with Crippen molar-refractivity contribution in [2.45, 2.75) is 57.9 Å². The fourth-order valence-corrected chi connectivity index (χ4v) is 6.12. The number of aromatic nitrogens is 2. The molecule has 3 aromatic rings. The summed E-state index contributed by atoms with van der Waals surface area (Å²) in [5.74, 6) is 1.17. The maximum atomic E-state index is 6.45. The molecule has 0 spiro atoms. The highest BCUT2D eigenvalue weighted by Crippen LogP contribution is 2.42. The molecule has 0 radical (unpaired) electrons. The van der Waals surface area contributed by atoms with Gasteiger partial charge in [-0.2, -0.15) is 0 Å². The molecule has 3 nitrogen and oxygen atoms in total. The van der Waals surface area contributed by atoms with E-state index in [1.165, 1.54) is 31.2 Å². The summed E-state index contributed by atoms with van der Waals surface area (Å²) in [7, 11) is 0. The largest absolute Gasteiger partial charge is 0.358 e. The van der Waals surface area contributed by atoms with E-state index in [-0.39, 0.29) is 0 Å². The highest BCUT2D eigenvalue weighted by atomic mass is 35.5. The number of nitrogens with one attached hydrogen (secondary N) is 1. The van der Waals surface area contributed by atoms with Crippen LogP contribution in [-0.4, -0.2) is 16.0 Å². The number of rotatable bonds is 7. The number of nitrogens with zero attached hydrogens (tertiary/aromatic N) is 2. The van der Waals surface area contributed by atoms with Crippen molar-refractivity contribution in [2.24, 2.45) is 5.92 Å². The standard InChI is InChI=1S/C24H27Cl2N3S/c1-3-21(22(16-6-4-5-7-16)17-10-12-27-13-11-17)28-24-29-23(15(2)30-24)19-9-8-18(25)14-20(19)26/h8-14,16,21-22H,3-7H2,1-2H3,(H,28,29). The van der Waals surface area contributed by atoms with E-state index in [1.54, 1.807) is 17.4 Å². The number of hydrogen-bond donors (Lipinski definition) is 1. The third-order valence-electron chi connectivity index (χ3n) is 6.16. The molecule has 1 fully saturated rings. The summed E-state index contributed by atoms with van der Waals surface area (Å²) < 4.78 is 0. The zero-order valence-electron chi connectivity index (χ0n) is 17.4. The number of pyridine rings is 1. The van der Waals surface area contributed by atoms with Gasteiger partial charge in [-0.05, 0) is 68.0 Å². The molecule has 2 unspecified atom stereocenters. The molecule has 0 saturated heterocycles. The Hall–Kier alpha value is -1.62. The highest BCUT2D eigenvalue weighted by Gasteiger charge is 2.32. The number of hydrogen-bond acceptors (Lipinski definition) is 4. The van der Waals surface area contributed by atoms with E-state index in [4.69, 9.17) is 28.2 Å². The summed E-state index contributed by atoms with van der Waals surface area (Å²) in [6.07, 6.45) is 10.1. The lowest BCUT2D eigenvalue weighted by atomic mass is 9.79. The molecule has 158 valence electrons. The fourth-order valence-electron chi connectivity index (χ4n) is 4.73. The Morgan fingerprint density at radius 1 is 1.13 bits per heavy atom. The van der Waals surface area contributed by atoms with Crippen molar-refractivity contribution in [3.8, 4) is 11.3 Å². The van der Waals surface area contributed by atoms with Crippen LogP contribution in [0.25, 0.3) is 11.3 Å². The van der Waals surface area contributed by atoms with E-state index in [0.717, 1.165) is 27.7 Å². The van der Waals surface area contributed by atoms with Gasteiger partial charge in [-0.3, -0.25) is 4.98 Å². The second kappa shape index (κ2) is 9.67. The number of anilines is 1. The zero-order valence-corrected chi connectivity index (χ0v) is 19.7. The van der Waals surface area contributed by atoms with Crippen LogP contribution in [0.1, 0.15) is 55.4 Å². The molecular formula is C24H27Cl2N3S. The molecule has 0 amide bonds. The van der Waals surface area contributed by atoms with Crippen molar-refractivity contribution in [1.82, 2.24) is 9.97 Å². The Bertz CT molecular complexity index is 983. The van der Waals surface area contributed by atoms with Crippen molar-refractivity contribution < 1.29 is 0 Å². The molecule has 6 heteroatoms. The SMILES string of the molecule is CCC(Nc1nc(-c2ccc(Cl)cc2Cl)c(C)s1)C(c1ccncc1)C1CCCC1. The van der Waals surface area contributed by atoms with Crippen LogP contribution in [0, 0.1) is 12.8 Å². The van der Waals surface area contributed by atoms with E-state index in [2.05, 4.69) is 36.3 Å². The summed E-state index contributed by atoms with van der Waals surface area (Å²) in [5, 5.41) is 6.01. The van der Waals surface area contributed by atoms with Gasteiger partial charge >= 0.3 is 0 Å². The van der Waals surface area contributed by atoms with E-state index in [0.29, 0.717) is 27.9 Å². The fraction of sp³-hybridized carbons (Fsp3) is 0.417. The monoisotopic (exact) mass is 459 g/mol. The average molecular weight is 460 g/mol. The molecule has 1 N–H and O–H groups in total. The van der Waals surface area contributed by atoms with Crippen LogP contribution in [0.15, 0.2) is 42.7 Å². The summed E-state index contributed by atoms with van der Waals surface area (Å²) >= 11 is 14.2. The van der Waals surface area contributed by atoms with Gasteiger partial charge in [-0.15, -0.1) is 11.3 Å². The Labute approximate surface area is 192 Å². The first-order valence-corrected chi connectivity index (χ1v) is 12.2. The quantitative estimate of drug-likeness (QED) is 0.388. The van der Waals surface area contributed by atoms with Crippen LogP contribution >= 0.6 is 34.5 Å². The predicted molar refractivity (Wildman–Crippen MR) is 129 cm³/mol. The van der Waals surface area contributed by atoms with Gasteiger partial charge in [0.05, 0.1) is 10.7 Å². The van der Waals surface area contributed by atoms with Crippen LogP contribution < -0.4 is 5.32 Å². The molecular weight excluding hydrogens is 433 g/mol. The molecule has 0 bridgehead atoms. The molecule has 0 aliphatic heterocycles. The van der Waals surface area contributed by atoms with Gasteiger partial charge in [-0.1, -0.05) is 43.0 Å². The maximum absolute atomic E-state index is 6.45. The lowest BCUT2D eigenvalue weighted by Gasteiger charge is -2.32. The highest BCUT2D eigenvalue weighted by molar-refractivity contribution is 7.16. The molecule has 30 heavy (non-hydrogen) atoms. The Morgan fingerprint density at radius 3 is 2.53 bits per heavy atom. The van der Waals surface area contributed by atoms with E-state index in [1.807, 2.05) is 24.5 Å². The van der Waals surface area contributed by atoms with Crippen molar-refractivity contribution in [1.29, 1.82) is 0 Å². The van der Waals surface area contributed by atoms with Gasteiger partial charge in [0.15, 0.2) is 5.13 Å². The number of halogens is 2. The normalized spacial score (nSPS) is 16.5. The number of benzene rings is 1. The van der Waals surface area contributed by atoms with Gasteiger partial charge in [-0.25, -0.2) is 4.98 Å². The lowest BCUT2D eigenvalue weighted by molar-refractivity contribution is 0.381. The second-order valence-electron chi connectivity index (χ2n) is 8.06. The van der Waals surface area contributed by atoms with Gasteiger partial charge in [0, 0.05) is 39.8 Å². The maximum Gasteiger partial charge on any atom is 0.183 e. The van der Waals surface area contributed by atoms with Crippen molar-refractivity contribution >= 4 is 39.7 Å². The molecule has 1 aliphatic rings. The van der Waals surface area contributed by atoms with Crippen LogP contribution in [0.4, 0.5) is 5.13 Å². The minimum atomic E-state index is 0.328. The summed E-state index contributed by atoms with van der Waals surface area (Å²) in [6.45, 7) is 4.36. The van der Waals surface area contributed by atoms with Gasteiger partial charge in [0.1, 0.15) is 0 Å². The minimum absolute atomic E-state index is 0.328. The topological polar surface area (TPSA) is 37.8 Å². The third kappa shape index (κ3) is 4.66. The lowest BCUT2D eigenvalue weighted by Crippen LogP contribution is -2.31. The number of thiazole rings is 1. The molecule has 1 aliphatic carbocycles. The smallest absolute Gasteiger partial charge is 0.183 e. The first-order valence-electron chi connectivity index (χ1n) is 10.7. The van der Waals surface area contributed by atoms with Crippen molar-refractivity contribution in [3.05, 3.63) is 63.2 Å². The van der Waals surface area contributed by atoms with Crippen LogP contribution in [0.5, 0.6) is 0 Å². The Balaban J connectivity index is 1.62. The van der Waals surface area contributed by atoms with Crippen molar-refractivity contribution in [2.75, 3.05) is 5.32 Å². The minimum Gasteiger partial charge on any atom is -0.358 e. The van der Waals surface area contributed by atoms with Crippen LogP contribution in [0.2, 0.25) is 10.0 Å². The summed E-state index contributed by atoms with van der Waals surface area (Å²) in [5.41, 5.74) is 3.24. The predicted octanol–water partition coefficient (Wildman–Crippen LogP) is 7.98. The zero-order chi connectivity index (χ0) is 21.1. The van der Waals surface area contributed by atoms with Gasteiger partial charge in [0.2, 0.25) is 0 Å². The molecule has 2 atom stereocenters. The second-order valence-corrected chi connectivity index (χ2v) is 10.1. The van der Waals surface area contributed by atoms with Crippen LogP contribution in [0.3, 0.4) is 0 Å². The Morgan fingerprint density at radius 2 is 1.87 bits per heavy atom. The molecule has 4 rings (SSSR count). The molecule has 2 aromatic heterocycles.